The molecule has 10 nitrogen and oxygen atoms in total. The molecular weight excluding hydrogens is 640 g/mol. The highest BCUT2D eigenvalue weighted by Crippen LogP contribution is 2.47. The van der Waals surface area contributed by atoms with Crippen LogP contribution in [0, 0.1) is 11.6 Å². The molecule has 5 aromatic rings. The van der Waals surface area contributed by atoms with Crippen LogP contribution in [-0.4, -0.2) is 68.6 Å². The summed E-state index contributed by atoms with van der Waals surface area (Å²) < 4.78 is 70.4. The largest absolute Gasteiger partial charge is 0.490 e. The van der Waals surface area contributed by atoms with Gasteiger partial charge in [-0.15, -0.1) is 11.3 Å². The maximum atomic E-state index is 16.0. The second-order valence-corrected chi connectivity index (χ2v) is 11.6. The number of ether oxygens (including phenoxy) is 2. The topological polar surface area (TPSA) is 104 Å². The summed E-state index contributed by atoms with van der Waals surface area (Å²) in [5.74, 6) is -2.07. The van der Waals surface area contributed by atoms with Crippen molar-refractivity contribution in [2.45, 2.75) is 32.5 Å². The van der Waals surface area contributed by atoms with Gasteiger partial charge in [-0.25, -0.2) is 27.2 Å². The number of nitrogens with zero attached hydrogens (tertiary/aromatic N) is 6. The van der Waals surface area contributed by atoms with Crippen LogP contribution in [0.25, 0.3) is 43.9 Å². The Labute approximate surface area is 269 Å². The monoisotopic (exact) mass is 668 g/mol. The van der Waals surface area contributed by atoms with Gasteiger partial charge in [0.2, 0.25) is 5.91 Å². The maximum absolute atomic E-state index is 16.0. The zero-order valence-electron chi connectivity index (χ0n) is 25.3. The number of carbonyl (C=O) groups excluding carboxylic acids is 1. The van der Waals surface area contributed by atoms with Gasteiger partial charge in [0, 0.05) is 53.1 Å². The number of pyridine rings is 1. The van der Waals surface area contributed by atoms with Gasteiger partial charge < -0.3 is 14.4 Å². The summed E-state index contributed by atoms with van der Waals surface area (Å²) in [7, 11) is 1.47. The van der Waals surface area contributed by atoms with Crippen LogP contribution in [0.1, 0.15) is 18.7 Å². The van der Waals surface area contributed by atoms with E-state index < -0.39 is 30.2 Å². The van der Waals surface area contributed by atoms with Crippen LogP contribution in [0.3, 0.4) is 0 Å². The van der Waals surface area contributed by atoms with Gasteiger partial charge >= 0.3 is 0 Å². The molecule has 0 spiro atoms. The number of halogens is 4. The zero-order chi connectivity index (χ0) is 33.4. The molecule has 0 saturated carbocycles. The molecule has 15 heteroatoms. The third-order valence-corrected chi connectivity index (χ3v) is 8.77. The second kappa shape index (κ2) is 13.1. The number of hydrogen-bond acceptors (Lipinski definition) is 8. The molecule has 0 unspecified atom stereocenters. The molecule has 0 saturated heterocycles. The summed E-state index contributed by atoms with van der Waals surface area (Å²) in [5.41, 5.74) is 1.17. The number of benzene rings is 1. The lowest BCUT2D eigenvalue weighted by molar-refractivity contribution is -0.129. The molecule has 1 amide bonds. The van der Waals surface area contributed by atoms with Gasteiger partial charge in [-0.2, -0.15) is 10.2 Å². The summed E-state index contributed by atoms with van der Waals surface area (Å²) in [4.78, 5) is 31.9. The van der Waals surface area contributed by atoms with E-state index in [0.29, 0.717) is 39.2 Å². The Balaban J connectivity index is 1.62. The molecule has 0 aliphatic carbocycles. The highest BCUT2D eigenvalue weighted by atomic mass is 32.1. The molecule has 0 N–H and O–H groups in total. The van der Waals surface area contributed by atoms with E-state index in [1.165, 1.54) is 30.7 Å². The van der Waals surface area contributed by atoms with Gasteiger partial charge in [-0.1, -0.05) is 6.58 Å². The van der Waals surface area contributed by atoms with Crippen molar-refractivity contribution in [1.82, 2.24) is 29.4 Å². The molecule has 1 aliphatic rings. The number of amides is 1. The fourth-order valence-corrected chi connectivity index (χ4v) is 6.62. The number of rotatable bonds is 10. The van der Waals surface area contributed by atoms with E-state index in [2.05, 4.69) is 11.7 Å². The molecule has 4 aromatic heterocycles. The normalized spacial score (nSPS) is 14.5. The molecule has 5 heterocycles. The van der Waals surface area contributed by atoms with E-state index in [-0.39, 0.29) is 59.0 Å². The van der Waals surface area contributed by atoms with Crippen molar-refractivity contribution in [1.29, 1.82) is 0 Å². The third-order valence-electron chi connectivity index (χ3n) is 7.84. The summed E-state index contributed by atoms with van der Waals surface area (Å²) in [6.45, 7) is 5.47. The quantitative estimate of drug-likeness (QED) is 0.107. The highest BCUT2D eigenvalue weighted by Gasteiger charge is 2.31. The Hall–Kier alpha value is -4.89. The first kappa shape index (κ1) is 32.1. The van der Waals surface area contributed by atoms with Crippen molar-refractivity contribution in [3.8, 4) is 39.5 Å². The summed E-state index contributed by atoms with van der Waals surface area (Å²) in [6, 6.07) is 6.08. The first-order valence-corrected chi connectivity index (χ1v) is 15.4. The Morgan fingerprint density at radius 2 is 1.96 bits per heavy atom. The zero-order valence-corrected chi connectivity index (χ0v) is 26.1. The Bertz CT molecular complexity index is 2060. The SMILES string of the molecule is C=CC(=O)N1CCn2nc(-c3nc(-c4cnn(CC(F)F)c(=O)c4)c4ccsc4c3-c3c(F)cc(F)cc3OCCOC)cc2[C@H]1C. The molecule has 0 fully saturated rings. The Kier molecular flexibility index (Phi) is 8.92. The molecule has 1 aliphatic heterocycles. The van der Waals surface area contributed by atoms with Crippen molar-refractivity contribution < 1.29 is 31.8 Å². The predicted octanol–water partition coefficient (Wildman–Crippen LogP) is 5.71. The van der Waals surface area contributed by atoms with Crippen LogP contribution in [-0.2, 0) is 22.6 Å². The van der Waals surface area contributed by atoms with Gasteiger partial charge in [0.1, 0.15) is 41.9 Å². The molecule has 0 bridgehead atoms. The molecule has 1 atom stereocenters. The van der Waals surface area contributed by atoms with Crippen LogP contribution < -0.4 is 10.3 Å². The first-order chi connectivity index (χ1) is 22.6. The average Bonchev–Trinajstić information content (AvgIpc) is 3.70. The van der Waals surface area contributed by atoms with E-state index in [0.717, 1.165) is 18.2 Å². The number of fused-ring (bicyclic) bond motifs is 2. The van der Waals surface area contributed by atoms with E-state index in [1.54, 1.807) is 27.1 Å². The minimum atomic E-state index is -2.78. The van der Waals surface area contributed by atoms with Crippen LogP contribution >= 0.6 is 11.3 Å². The number of alkyl halides is 2. The van der Waals surface area contributed by atoms with Crippen molar-refractivity contribution in [2.75, 3.05) is 26.9 Å². The van der Waals surface area contributed by atoms with E-state index >= 15 is 4.39 Å². The number of methoxy groups -OCH3 is 1. The lowest BCUT2D eigenvalue weighted by atomic mass is 9.96. The molecule has 6 rings (SSSR count). The number of aromatic nitrogens is 5. The highest BCUT2D eigenvalue weighted by molar-refractivity contribution is 7.18. The van der Waals surface area contributed by atoms with Gasteiger partial charge in [0.15, 0.2) is 0 Å². The van der Waals surface area contributed by atoms with Gasteiger partial charge in [0.05, 0.1) is 42.3 Å². The van der Waals surface area contributed by atoms with E-state index in [4.69, 9.17) is 19.6 Å². The van der Waals surface area contributed by atoms with Gasteiger partial charge in [-0.3, -0.25) is 14.3 Å². The van der Waals surface area contributed by atoms with Crippen molar-refractivity contribution >= 4 is 27.3 Å². The van der Waals surface area contributed by atoms with Crippen LogP contribution in [0.4, 0.5) is 17.6 Å². The van der Waals surface area contributed by atoms with Crippen LogP contribution in [0.2, 0.25) is 0 Å². The summed E-state index contributed by atoms with van der Waals surface area (Å²) in [5, 5.41) is 11.0. The molecule has 47 heavy (non-hydrogen) atoms. The number of thiophene rings is 1. The smallest absolute Gasteiger partial charge is 0.267 e. The number of carbonyl (C=O) groups is 1. The van der Waals surface area contributed by atoms with Crippen LogP contribution in [0.15, 0.2) is 59.4 Å². The van der Waals surface area contributed by atoms with Gasteiger partial charge in [0.25, 0.3) is 12.0 Å². The van der Waals surface area contributed by atoms with Crippen molar-refractivity contribution in [2.24, 2.45) is 0 Å². The standard InChI is InChI=1S/C32H28F4N6O4S/c1-4-26(43)40-6-7-41-23(17(40)2)14-22(39-41)31-29(28-21(34)12-19(33)13-24(28)46-9-8-45-3)32-20(5-10-47-32)30(38-31)18-11-27(44)42(37-15-18)16-25(35)36/h4-5,10-15,17,25H,1,6-9,16H2,2-3H3/t17-/m1/s1. The maximum Gasteiger partial charge on any atom is 0.267 e. The van der Waals surface area contributed by atoms with Gasteiger partial charge in [-0.05, 0) is 30.5 Å². The second-order valence-electron chi connectivity index (χ2n) is 10.7. The first-order valence-electron chi connectivity index (χ1n) is 14.5. The van der Waals surface area contributed by atoms with Crippen LogP contribution in [0.5, 0.6) is 5.75 Å². The number of hydrogen-bond donors (Lipinski definition) is 0. The van der Waals surface area contributed by atoms with E-state index in [9.17, 15) is 22.8 Å². The van der Waals surface area contributed by atoms with Crippen molar-refractivity contribution in [3.63, 3.8) is 0 Å². The molecular formula is C32H28F4N6O4S. The fraction of sp³-hybridized carbons (Fsp3) is 0.281. The molecule has 1 aromatic carbocycles. The predicted molar refractivity (Wildman–Crippen MR) is 167 cm³/mol. The summed E-state index contributed by atoms with van der Waals surface area (Å²) in [6.07, 6.45) is -0.272. The Morgan fingerprint density at radius 1 is 1.15 bits per heavy atom. The minimum absolute atomic E-state index is 0.00482. The lowest BCUT2D eigenvalue weighted by Gasteiger charge is -2.33. The lowest BCUT2D eigenvalue weighted by Crippen LogP contribution is -2.40. The van der Waals surface area contributed by atoms with E-state index in [1.807, 2.05) is 6.92 Å². The fourth-order valence-electron chi connectivity index (χ4n) is 5.67. The molecule has 244 valence electrons. The minimum Gasteiger partial charge on any atom is -0.490 e. The Morgan fingerprint density at radius 3 is 2.68 bits per heavy atom. The average molecular weight is 669 g/mol. The third kappa shape index (κ3) is 6.03. The summed E-state index contributed by atoms with van der Waals surface area (Å²) >= 11 is 1.25. The molecule has 0 radical (unpaired) electrons. The van der Waals surface area contributed by atoms with Crippen molar-refractivity contribution in [3.05, 3.63) is 82.2 Å².